The third kappa shape index (κ3) is 2.33. The molecule has 0 spiro atoms. The first-order chi connectivity index (χ1) is 6.11. The van der Waals surface area contributed by atoms with E-state index in [4.69, 9.17) is 4.74 Å². The molecule has 0 aliphatic heterocycles. The van der Waals surface area contributed by atoms with Gasteiger partial charge < -0.3 is 9.84 Å². The first-order valence-corrected chi connectivity index (χ1v) is 3.68. The smallest absolute Gasteiger partial charge is 0.338 e. The lowest BCUT2D eigenvalue weighted by Crippen LogP contribution is -2.08. The van der Waals surface area contributed by atoms with Crippen molar-refractivity contribution in [3.63, 3.8) is 0 Å². The van der Waals surface area contributed by atoms with Crippen LogP contribution < -0.4 is 4.74 Å². The van der Waals surface area contributed by atoms with E-state index in [0.29, 0.717) is 0 Å². The molecular formula is C10H9O3. The summed E-state index contributed by atoms with van der Waals surface area (Å²) in [4.78, 5) is 11.0. The third-order valence-corrected chi connectivity index (χ3v) is 1.36. The molecule has 0 aromatic heterocycles. The topological polar surface area (TPSA) is 46.5 Å². The quantitative estimate of drug-likeness (QED) is 0.424. The number of benzene rings is 1. The van der Waals surface area contributed by atoms with Crippen LogP contribution in [0.5, 0.6) is 11.5 Å². The van der Waals surface area contributed by atoms with Gasteiger partial charge in [-0.25, -0.2) is 4.79 Å². The molecule has 1 N–H and O–H groups in total. The fourth-order valence-corrected chi connectivity index (χ4v) is 0.676. The van der Waals surface area contributed by atoms with Crippen LogP contribution in [0.4, 0.5) is 0 Å². The predicted octanol–water partition coefficient (Wildman–Crippen LogP) is 1.67. The molecule has 1 aromatic carbocycles. The molecule has 0 saturated heterocycles. The zero-order valence-electron chi connectivity index (χ0n) is 7.20. The maximum absolute atomic E-state index is 11.0. The second kappa shape index (κ2) is 3.76. The summed E-state index contributed by atoms with van der Waals surface area (Å²) in [5.41, 5.74) is 0.281. The standard InChI is InChI=1S/C10H9O3/c1-7(2)10(12)13-9-6-4-3-5-8(9)11/h3,5-6,11H,1H2,2H3. The average molecular weight is 177 g/mol. The lowest BCUT2D eigenvalue weighted by Gasteiger charge is -2.04. The lowest BCUT2D eigenvalue weighted by atomic mass is 10.3. The first kappa shape index (κ1) is 9.32. The van der Waals surface area contributed by atoms with Gasteiger partial charge in [-0.15, -0.1) is 0 Å². The maximum atomic E-state index is 11.0. The Bertz CT molecular complexity index is 342. The fraction of sp³-hybridized carbons (Fsp3) is 0.100. The highest BCUT2D eigenvalue weighted by atomic mass is 16.5. The van der Waals surface area contributed by atoms with Gasteiger partial charge in [0.25, 0.3) is 0 Å². The van der Waals surface area contributed by atoms with Crippen LogP contribution in [0.3, 0.4) is 0 Å². The molecule has 1 radical (unpaired) electrons. The molecular weight excluding hydrogens is 168 g/mol. The van der Waals surface area contributed by atoms with Gasteiger partial charge >= 0.3 is 5.97 Å². The van der Waals surface area contributed by atoms with Crippen LogP contribution in [0.2, 0.25) is 0 Å². The van der Waals surface area contributed by atoms with Crippen LogP contribution in [0.25, 0.3) is 0 Å². The van der Waals surface area contributed by atoms with E-state index in [0.717, 1.165) is 0 Å². The Morgan fingerprint density at radius 1 is 1.69 bits per heavy atom. The second-order valence-electron chi connectivity index (χ2n) is 2.56. The first-order valence-electron chi connectivity index (χ1n) is 3.68. The summed E-state index contributed by atoms with van der Waals surface area (Å²) in [6.07, 6.45) is 0. The number of phenols is 1. The molecule has 67 valence electrons. The van der Waals surface area contributed by atoms with Gasteiger partial charge in [-0.3, -0.25) is 0 Å². The molecule has 0 fully saturated rings. The van der Waals surface area contributed by atoms with E-state index in [1.807, 2.05) is 0 Å². The van der Waals surface area contributed by atoms with Crippen molar-refractivity contribution in [1.29, 1.82) is 0 Å². The van der Waals surface area contributed by atoms with E-state index >= 15 is 0 Å². The zero-order valence-corrected chi connectivity index (χ0v) is 7.20. The van der Waals surface area contributed by atoms with Crippen molar-refractivity contribution in [2.24, 2.45) is 0 Å². The molecule has 0 heterocycles. The molecule has 3 nitrogen and oxygen atoms in total. The monoisotopic (exact) mass is 177 g/mol. The molecule has 0 unspecified atom stereocenters. The van der Waals surface area contributed by atoms with Crippen molar-refractivity contribution in [3.8, 4) is 11.5 Å². The van der Waals surface area contributed by atoms with Crippen LogP contribution >= 0.6 is 0 Å². The van der Waals surface area contributed by atoms with Crippen molar-refractivity contribution < 1.29 is 14.6 Å². The summed E-state index contributed by atoms with van der Waals surface area (Å²) >= 11 is 0. The van der Waals surface area contributed by atoms with Crippen molar-refractivity contribution in [3.05, 3.63) is 36.4 Å². The Morgan fingerprint density at radius 2 is 2.38 bits per heavy atom. The molecule has 0 aliphatic rings. The summed E-state index contributed by atoms with van der Waals surface area (Å²) in [5.74, 6) is -0.557. The van der Waals surface area contributed by atoms with Gasteiger partial charge in [0.05, 0.1) is 0 Å². The average Bonchev–Trinajstić information content (AvgIpc) is 2.08. The molecule has 0 saturated carbocycles. The molecule has 0 bridgehead atoms. The van der Waals surface area contributed by atoms with Gasteiger partial charge in [-0.2, -0.15) is 0 Å². The van der Waals surface area contributed by atoms with E-state index in [1.165, 1.54) is 25.1 Å². The second-order valence-corrected chi connectivity index (χ2v) is 2.56. The van der Waals surface area contributed by atoms with E-state index in [-0.39, 0.29) is 17.1 Å². The molecule has 13 heavy (non-hydrogen) atoms. The minimum Gasteiger partial charge on any atom is -0.504 e. The van der Waals surface area contributed by atoms with Crippen molar-refractivity contribution in [1.82, 2.24) is 0 Å². The van der Waals surface area contributed by atoms with Crippen molar-refractivity contribution in [2.75, 3.05) is 0 Å². The van der Waals surface area contributed by atoms with Crippen LogP contribution in [-0.4, -0.2) is 11.1 Å². The maximum Gasteiger partial charge on any atom is 0.338 e. The summed E-state index contributed by atoms with van der Waals surface area (Å²) in [6, 6.07) is 6.98. The van der Waals surface area contributed by atoms with Gasteiger partial charge in [0.2, 0.25) is 0 Å². The molecule has 1 rings (SSSR count). The Morgan fingerprint density at radius 3 is 2.92 bits per heavy atom. The van der Waals surface area contributed by atoms with Crippen molar-refractivity contribution >= 4 is 5.97 Å². The van der Waals surface area contributed by atoms with Gasteiger partial charge in [0, 0.05) is 5.57 Å². The minimum absolute atomic E-state index is 0.0895. The molecule has 0 amide bonds. The molecule has 1 aromatic rings. The highest BCUT2D eigenvalue weighted by Gasteiger charge is 2.07. The number of hydrogen-bond donors (Lipinski definition) is 1. The third-order valence-electron chi connectivity index (χ3n) is 1.36. The number of carbonyl (C=O) groups excluding carboxylic acids is 1. The lowest BCUT2D eigenvalue weighted by molar-refractivity contribution is -0.130. The number of phenolic OH excluding ortho intramolecular Hbond substituents is 1. The number of hydrogen-bond acceptors (Lipinski definition) is 3. The van der Waals surface area contributed by atoms with E-state index < -0.39 is 5.97 Å². The summed E-state index contributed by atoms with van der Waals surface area (Å²) < 4.78 is 4.79. The van der Waals surface area contributed by atoms with E-state index in [1.54, 1.807) is 0 Å². The van der Waals surface area contributed by atoms with Crippen LogP contribution in [0, 0.1) is 6.07 Å². The molecule has 0 atom stereocenters. The highest BCUT2D eigenvalue weighted by Crippen LogP contribution is 2.24. The van der Waals surface area contributed by atoms with Crippen LogP contribution in [0.15, 0.2) is 30.4 Å². The predicted molar refractivity (Wildman–Crippen MR) is 47.4 cm³/mol. The SMILES string of the molecule is C=C(C)C(=O)Oc1c[c]ccc1O. The van der Waals surface area contributed by atoms with Crippen LogP contribution in [0.1, 0.15) is 6.92 Å². The Hall–Kier alpha value is -1.77. The Labute approximate surface area is 76.3 Å². The summed E-state index contributed by atoms with van der Waals surface area (Å²) in [7, 11) is 0. The van der Waals surface area contributed by atoms with Gasteiger partial charge in [0.1, 0.15) is 0 Å². The van der Waals surface area contributed by atoms with Crippen LogP contribution in [-0.2, 0) is 4.79 Å². The van der Waals surface area contributed by atoms with Gasteiger partial charge in [-0.05, 0) is 25.1 Å². The number of rotatable bonds is 2. The molecule has 3 heteroatoms. The van der Waals surface area contributed by atoms with E-state index in [2.05, 4.69) is 12.6 Å². The normalized spacial score (nSPS) is 9.31. The van der Waals surface area contributed by atoms with Crippen molar-refractivity contribution in [2.45, 2.75) is 6.92 Å². The number of aromatic hydroxyl groups is 1. The number of carbonyl (C=O) groups is 1. The summed E-state index contributed by atoms with van der Waals surface area (Å²) in [5, 5.41) is 9.21. The largest absolute Gasteiger partial charge is 0.504 e. The fourth-order valence-electron chi connectivity index (χ4n) is 0.676. The number of ether oxygens (including phenoxy) is 1. The number of esters is 1. The zero-order chi connectivity index (χ0) is 9.84. The van der Waals surface area contributed by atoms with Gasteiger partial charge in [0.15, 0.2) is 11.5 Å². The summed E-state index contributed by atoms with van der Waals surface area (Å²) in [6.45, 7) is 4.95. The minimum atomic E-state index is -0.560. The Balaban J connectivity index is 2.81. The molecule has 0 aliphatic carbocycles. The highest BCUT2D eigenvalue weighted by molar-refractivity contribution is 5.89. The Kier molecular flexibility index (Phi) is 2.69. The van der Waals surface area contributed by atoms with Gasteiger partial charge in [-0.1, -0.05) is 12.6 Å². The van der Waals surface area contributed by atoms with E-state index in [9.17, 15) is 9.90 Å².